The number of aromatic amines is 1. The molecule has 0 aliphatic carbocycles. The molecule has 1 N–H and O–H groups in total. The van der Waals surface area contributed by atoms with Crippen molar-refractivity contribution in [1.29, 1.82) is 0 Å². The van der Waals surface area contributed by atoms with E-state index in [1.807, 2.05) is 24.4 Å². The Morgan fingerprint density at radius 1 is 0.971 bits per heavy atom. The number of ether oxygens (including phenoxy) is 2. The zero-order chi connectivity index (χ0) is 23.8. The Hall–Kier alpha value is -3.83. The van der Waals surface area contributed by atoms with E-state index < -0.39 is 0 Å². The van der Waals surface area contributed by atoms with Crippen LogP contribution in [0.1, 0.15) is 16.2 Å². The number of amides is 1. The van der Waals surface area contributed by atoms with E-state index in [9.17, 15) is 4.79 Å². The molecule has 0 atom stereocenters. The first-order chi connectivity index (χ1) is 17.2. The van der Waals surface area contributed by atoms with E-state index in [0.29, 0.717) is 75.5 Å². The largest absolute Gasteiger partial charge is 0.378 e. The van der Waals surface area contributed by atoms with Gasteiger partial charge in [-0.05, 0) is 19.1 Å². The number of anilines is 1. The van der Waals surface area contributed by atoms with Gasteiger partial charge in [0.25, 0.3) is 11.9 Å². The van der Waals surface area contributed by atoms with Gasteiger partial charge in [-0.2, -0.15) is 15.1 Å². The molecule has 0 bridgehead atoms. The molecular weight excluding hydrogens is 448 g/mol. The van der Waals surface area contributed by atoms with Crippen molar-refractivity contribution >= 4 is 22.9 Å². The van der Waals surface area contributed by atoms with Crippen LogP contribution in [0.25, 0.3) is 28.4 Å². The molecule has 5 heterocycles. The molecule has 3 aromatic heterocycles. The molecule has 11 nitrogen and oxygen atoms in total. The zero-order valence-electron chi connectivity index (χ0n) is 19.5. The molecular formula is C24H26N8O3. The van der Waals surface area contributed by atoms with Gasteiger partial charge in [0, 0.05) is 37.9 Å². The molecule has 2 aliphatic heterocycles. The number of carbonyl (C=O) groups excluding carboxylic acids is 1. The number of hydrogen-bond acceptors (Lipinski definition) is 8. The fraction of sp³-hybridized carbons (Fsp3) is 0.375. The van der Waals surface area contributed by atoms with Gasteiger partial charge in [-0.1, -0.05) is 23.8 Å². The lowest BCUT2D eigenvalue weighted by Gasteiger charge is -2.28. The lowest BCUT2D eigenvalue weighted by atomic mass is 10.1. The SMILES string of the molecule is Cc1cccc(-c2ccn(-c3nc(N4CCOCC4)c4nc(C(=O)N5CCOCC5)[nH]c4n3)n2)c1. The highest BCUT2D eigenvalue weighted by molar-refractivity contribution is 5.96. The number of imidazole rings is 1. The third kappa shape index (κ3) is 4.24. The minimum Gasteiger partial charge on any atom is -0.378 e. The average molecular weight is 475 g/mol. The summed E-state index contributed by atoms with van der Waals surface area (Å²) in [6.07, 6.45) is 1.85. The van der Waals surface area contributed by atoms with Crippen molar-refractivity contribution in [1.82, 2.24) is 34.6 Å². The quantitative estimate of drug-likeness (QED) is 0.477. The smallest absolute Gasteiger partial charge is 0.289 e. The molecule has 35 heavy (non-hydrogen) atoms. The summed E-state index contributed by atoms with van der Waals surface area (Å²) in [5.74, 6) is 1.16. The molecule has 180 valence electrons. The maximum Gasteiger partial charge on any atom is 0.289 e. The zero-order valence-corrected chi connectivity index (χ0v) is 19.5. The van der Waals surface area contributed by atoms with Crippen molar-refractivity contribution in [2.24, 2.45) is 0 Å². The Labute approximate surface area is 201 Å². The number of morpholine rings is 2. The number of rotatable bonds is 4. The van der Waals surface area contributed by atoms with Crippen LogP contribution in [0.4, 0.5) is 5.82 Å². The summed E-state index contributed by atoms with van der Waals surface area (Å²) in [5.41, 5.74) is 4.09. The van der Waals surface area contributed by atoms with Gasteiger partial charge in [-0.25, -0.2) is 9.67 Å². The van der Waals surface area contributed by atoms with Crippen LogP contribution in [-0.4, -0.2) is 93.1 Å². The number of fused-ring (bicyclic) bond motifs is 1. The van der Waals surface area contributed by atoms with E-state index in [4.69, 9.17) is 24.5 Å². The van der Waals surface area contributed by atoms with Crippen LogP contribution in [0.2, 0.25) is 0 Å². The fourth-order valence-corrected chi connectivity index (χ4v) is 4.38. The minimum absolute atomic E-state index is 0.165. The summed E-state index contributed by atoms with van der Waals surface area (Å²) in [4.78, 5) is 34.2. The van der Waals surface area contributed by atoms with Crippen LogP contribution in [0.5, 0.6) is 0 Å². The number of H-pyrrole nitrogens is 1. The topological polar surface area (TPSA) is 114 Å². The lowest BCUT2D eigenvalue weighted by Crippen LogP contribution is -2.41. The number of aryl methyl sites for hydroxylation is 1. The molecule has 0 radical (unpaired) electrons. The fourth-order valence-electron chi connectivity index (χ4n) is 4.38. The number of benzene rings is 1. The Balaban J connectivity index is 1.41. The van der Waals surface area contributed by atoms with Crippen molar-refractivity contribution in [3.05, 3.63) is 47.9 Å². The Bertz CT molecular complexity index is 1370. The summed E-state index contributed by atoms with van der Waals surface area (Å²) < 4.78 is 12.6. The van der Waals surface area contributed by atoms with Crippen molar-refractivity contribution in [2.75, 3.05) is 57.5 Å². The second-order valence-corrected chi connectivity index (χ2v) is 8.65. The molecule has 0 unspecified atom stereocenters. The van der Waals surface area contributed by atoms with Gasteiger partial charge in [-0.3, -0.25) is 4.79 Å². The third-order valence-corrected chi connectivity index (χ3v) is 6.23. The summed E-state index contributed by atoms with van der Waals surface area (Å²) in [7, 11) is 0. The predicted molar refractivity (Wildman–Crippen MR) is 129 cm³/mol. The number of nitrogens with one attached hydrogen (secondary N) is 1. The Kier molecular flexibility index (Phi) is 5.63. The van der Waals surface area contributed by atoms with Gasteiger partial charge in [0.2, 0.25) is 0 Å². The van der Waals surface area contributed by atoms with E-state index in [0.717, 1.165) is 11.3 Å². The number of aromatic nitrogens is 6. The first-order valence-electron chi connectivity index (χ1n) is 11.8. The Morgan fingerprint density at radius 2 is 1.74 bits per heavy atom. The molecule has 11 heteroatoms. The van der Waals surface area contributed by atoms with Crippen LogP contribution in [0, 0.1) is 6.92 Å². The summed E-state index contributed by atoms with van der Waals surface area (Å²) in [6, 6.07) is 10.1. The molecule has 4 aromatic rings. The summed E-state index contributed by atoms with van der Waals surface area (Å²) >= 11 is 0. The van der Waals surface area contributed by atoms with E-state index in [2.05, 4.69) is 33.9 Å². The van der Waals surface area contributed by atoms with Gasteiger partial charge < -0.3 is 24.3 Å². The monoisotopic (exact) mass is 474 g/mol. The van der Waals surface area contributed by atoms with Gasteiger partial charge in [-0.15, -0.1) is 0 Å². The average Bonchev–Trinajstić information content (AvgIpc) is 3.57. The van der Waals surface area contributed by atoms with E-state index in [-0.39, 0.29) is 11.7 Å². The number of nitrogens with zero attached hydrogens (tertiary/aromatic N) is 7. The molecule has 2 saturated heterocycles. The van der Waals surface area contributed by atoms with Gasteiger partial charge in [0.05, 0.1) is 32.1 Å². The molecule has 0 saturated carbocycles. The summed E-state index contributed by atoms with van der Waals surface area (Å²) in [6.45, 7) is 6.75. The normalized spacial score (nSPS) is 16.7. The minimum atomic E-state index is -0.165. The van der Waals surface area contributed by atoms with Crippen LogP contribution < -0.4 is 4.90 Å². The van der Waals surface area contributed by atoms with Gasteiger partial charge in [0.15, 0.2) is 22.8 Å². The first-order valence-corrected chi connectivity index (χ1v) is 11.8. The second kappa shape index (κ2) is 9.08. The van der Waals surface area contributed by atoms with E-state index >= 15 is 0 Å². The van der Waals surface area contributed by atoms with Crippen molar-refractivity contribution in [2.45, 2.75) is 6.92 Å². The highest BCUT2D eigenvalue weighted by atomic mass is 16.5. The van der Waals surface area contributed by atoms with Gasteiger partial charge >= 0.3 is 0 Å². The molecule has 2 aliphatic rings. The highest BCUT2D eigenvalue weighted by Gasteiger charge is 2.26. The third-order valence-electron chi connectivity index (χ3n) is 6.23. The maximum absolute atomic E-state index is 13.1. The van der Waals surface area contributed by atoms with E-state index in [1.54, 1.807) is 9.58 Å². The van der Waals surface area contributed by atoms with Crippen molar-refractivity contribution in [3.8, 4) is 17.2 Å². The molecule has 0 spiro atoms. The van der Waals surface area contributed by atoms with Crippen LogP contribution >= 0.6 is 0 Å². The Morgan fingerprint density at radius 3 is 2.51 bits per heavy atom. The number of carbonyl (C=O) groups is 1. The molecule has 1 amide bonds. The van der Waals surface area contributed by atoms with Crippen molar-refractivity contribution in [3.63, 3.8) is 0 Å². The number of hydrogen-bond donors (Lipinski definition) is 1. The highest BCUT2D eigenvalue weighted by Crippen LogP contribution is 2.26. The van der Waals surface area contributed by atoms with E-state index in [1.165, 1.54) is 5.56 Å². The van der Waals surface area contributed by atoms with Crippen LogP contribution in [-0.2, 0) is 9.47 Å². The first kappa shape index (κ1) is 21.7. The maximum atomic E-state index is 13.1. The predicted octanol–water partition coefficient (Wildman–Crippen LogP) is 1.82. The standard InChI is InChI=1S/C24H26N8O3/c1-16-3-2-4-17(15-16)18-5-6-32(29-18)24-27-20-19(22(28-24)30-7-11-34-12-8-30)25-21(26-20)23(33)31-9-13-35-14-10-31/h2-6,15H,7-14H2,1H3,(H,25,26,27,28). The van der Waals surface area contributed by atoms with Gasteiger partial charge in [0.1, 0.15) is 0 Å². The molecule has 1 aromatic carbocycles. The summed E-state index contributed by atoms with van der Waals surface area (Å²) in [5, 5.41) is 4.73. The molecule has 2 fully saturated rings. The van der Waals surface area contributed by atoms with Crippen LogP contribution in [0.15, 0.2) is 36.5 Å². The second-order valence-electron chi connectivity index (χ2n) is 8.65. The van der Waals surface area contributed by atoms with Crippen molar-refractivity contribution < 1.29 is 14.3 Å². The van der Waals surface area contributed by atoms with Crippen LogP contribution in [0.3, 0.4) is 0 Å². The lowest BCUT2D eigenvalue weighted by molar-refractivity contribution is 0.0296. The molecule has 6 rings (SSSR count).